The number of imidazole rings is 1. The van der Waals surface area contributed by atoms with Crippen LogP contribution in [0.5, 0.6) is 11.5 Å². The van der Waals surface area contributed by atoms with Crippen molar-refractivity contribution in [1.29, 1.82) is 0 Å². The average Bonchev–Trinajstić information content (AvgIpc) is 3.05. The Labute approximate surface area is 124 Å². The molecule has 5 heteroatoms. The summed E-state index contributed by atoms with van der Waals surface area (Å²) in [5.41, 5.74) is 2.93. The van der Waals surface area contributed by atoms with Crippen molar-refractivity contribution in [3.8, 4) is 22.8 Å². The molecule has 0 bridgehead atoms. The van der Waals surface area contributed by atoms with Crippen LogP contribution < -0.4 is 4.74 Å². The first kappa shape index (κ1) is 12.2. The molecule has 4 nitrogen and oxygen atoms in total. The summed E-state index contributed by atoms with van der Waals surface area (Å²) >= 11 is 1.61. The first-order chi connectivity index (χ1) is 10.2. The predicted molar refractivity (Wildman–Crippen MR) is 84.2 cm³/mol. The number of aromatic hydroxyl groups is 1. The number of benzene rings is 2. The lowest BCUT2D eigenvalue weighted by Gasteiger charge is -2.00. The maximum Gasteiger partial charge on any atom is 0.195 e. The molecule has 0 unspecified atom stereocenters. The molecule has 2 aromatic carbocycles. The number of fused-ring (bicyclic) bond motifs is 3. The van der Waals surface area contributed by atoms with Crippen LogP contribution in [0.2, 0.25) is 0 Å². The molecular formula is C16H12N2O2S. The smallest absolute Gasteiger partial charge is 0.195 e. The van der Waals surface area contributed by atoms with Gasteiger partial charge in [0.15, 0.2) is 4.96 Å². The number of ether oxygens (including phenoxy) is 1. The van der Waals surface area contributed by atoms with Gasteiger partial charge in [0, 0.05) is 17.8 Å². The van der Waals surface area contributed by atoms with Gasteiger partial charge in [0.1, 0.15) is 11.5 Å². The van der Waals surface area contributed by atoms with Crippen LogP contribution in [0.3, 0.4) is 0 Å². The lowest BCUT2D eigenvalue weighted by molar-refractivity contribution is 0.415. The minimum Gasteiger partial charge on any atom is -0.508 e. The number of methoxy groups -OCH3 is 1. The Bertz CT molecular complexity index is 938. The number of hydrogen-bond acceptors (Lipinski definition) is 4. The molecule has 0 atom stereocenters. The number of aromatic nitrogens is 2. The van der Waals surface area contributed by atoms with E-state index in [1.807, 2.05) is 40.9 Å². The largest absolute Gasteiger partial charge is 0.508 e. The maximum atomic E-state index is 9.65. The molecule has 0 spiro atoms. The highest BCUT2D eigenvalue weighted by atomic mass is 32.1. The number of phenols is 1. The lowest BCUT2D eigenvalue weighted by Crippen LogP contribution is -1.82. The van der Waals surface area contributed by atoms with E-state index in [0.29, 0.717) is 0 Å². The van der Waals surface area contributed by atoms with Crippen molar-refractivity contribution < 1.29 is 9.84 Å². The highest BCUT2D eigenvalue weighted by Crippen LogP contribution is 2.31. The molecule has 0 radical (unpaired) electrons. The van der Waals surface area contributed by atoms with Gasteiger partial charge >= 0.3 is 0 Å². The van der Waals surface area contributed by atoms with Gasteiger partial charge in [-0.15, -0.1) is 0 Å². The van der Waals surface area contributed by atoms with Crippen molar-refractivity contribution in [3.05, 3.63) is 48.7 Å². The van der Waals surface area contributed by atoms with E-state index < -0.39 is 0 Å². The van der Waals surface area contributed by atoms with E-state index in [1.54, 1.807) is 30.6 Å². The Morgan fingerprint density at radius 3 is 2.71 bits per heavy atom. The number of thiazole rings is 1. The number of phenolic OH excluding ortho intramolecular Hbond substituents is 1. The van der Waals surface area contributed by atoms with Gasteiger partial charge in [-0.3, -0.25) is 4.40 Å². The predicted octanol–water partition coefficient (Wildman–Crippen LogP) is 3.93. The van der Waals surface area contributed by atoms with Gasteiger partial charge in [-0.1, -0.05) is 11.3 Å². The summed E-state index contributed by atoms with van der Waals surface area (Å²) in [7, 11) is 1.65. The maximum absolute atomic E-state index is 9.65. The highest BCUT2D eigenvalue weighted by molar-refractivity contribution is 7.23. The molecular weight excluding hydrogens is 284 g/mol. The van der Waals surface area contributed by atoms with Crippen molar-refractivity contribution in [2.24, 2.45) is 0 Å². The fraction of sp³-hybridized carbons (Fsp3) is 0.0625. The van der Waals surface area contributed by atoms with Gasteiger partial charge in [0.2, 0.25) is 0 Å². The average molecular weight is 296 g/mol. The monoisotopic (exact) mass is 296 g/mol. The van der Waals surface area contributed by atoms with Crippen LogP contribution >= 0.6 is 11.3 Å². The molecule has 0 amide bonds. The molecule has 4 rings (SSSR count). The van der Waals surface area contributed by atoms with Crippen molar-refractivity contribution >= 4 is 26.5 Å². The van der Waals surface area contributed by atoms with Gasteiger partial charge in [0.05, 0.1) is 23.0 Å². The van der Waals surface area contributed by atoms with Crippen LogP contribution in [0.25, 0.3) is 26.4 Å². The molecule has 0 aliphatic heterocycles. The second-order valence-corrected chi connectivity index (χ2v) is 5.77. The van der Waals surface area contributed by atoms with Crippen LogP contribution in [0.15, 0.2) is 48.7 Å². The summed E-state index contributed by atoms with van der Waals surface area (Å²) in [6.07, 6.45) is 2.00. The molecule has 2 heterocycles. The Morgan fingerprint density at radius 2 is 1.95 bits per heavy atom. The minimum absolute atomic E-state index is 0.266. The Morgan fingerprint density at radius 1 is 1.14 bits per heavy atom. The van der Waals surface area contributed by atoms with Crippen molar-refractivity contribution in [2.75, 3.05) is 7.11 Å². The fourth-order valence-corrected chi connectivity index (χ4v) is 3.38. The number of rotatable bonds is 2. The summed E-state index contributed by atoms with van der Waals surface area (Å²) in [4.78, 5) is 5.58. The SMILES string of the molecule is COc1ccc(-c2cn3c(n2)sc2ccc(O)cc23)cc1. The van der Waals surface area contributed by atoms with Gasteiger partial charge in [-0.25, -0.2) is 4.98 Å². The van der Waals surface area contributed by atoms with E-state index in [4.69, 9.17) is 4.74 Å². The Hall–Kier alpha value is -2.53. The molecule has 21 heavy (non-hydrogen) atoms. The molecule has 0 aliphatic rings. The Kier molecular flexibility index (Phi) is 2.62. The van der Waals surface area contributed by atoms with Crippen LogP contribution in [0.4, 0.5) is 0 Å². The number of nitrogens with zero attached hydrogens (tertiary/aromatic N) is 2. The molecule has 104 valence electrons. The van der Waals surface area contributed by atoms with E-state index >= 15 is 0 Å². The second kappa shape index (κ2) is 4.49. The molecule has 1 N–H and O–H groups in total. The zero-order valence-electron chi connectivity index (χ0n) is 11.3. The third kappa shape index (κ3) is 1.94. The highest BCUT2D eigenvalue weighted by Gasteiger charge is 2.10. The van der Waals surface area contributed by atoms with Crippen molar-refractivity contribution in [1.82, 2.24) is 9.38 Å². The summed E-state index contributed by atoms with van der Waals surface area (Å²) in [6.45, 7) is 0. The fourth-order valence-electron chi connectivity index (χ4n) is 2.39. The van der Waals surface area contributed by atoms with Crippen LogP contribution in [0, 0.1) is 0 Å². The first-order valence-corrected chi connectivity index (χ1v) is 7.31. The summed E-state index contributed by atoms with van der Waals surface area (Å²) in [5, 5.41) is 9.65. The number of hydrogen-bond donors (Lipinski definition) is 1. The summed E-state index contributed by atoms with van der Waals surface area (Å²) in [5.74, 6) is 1.09. The molecule has 4 aromatic rings. The van der Waals surface area contributed by atoms with Gasteiger partial charge < -0.3 is 9.84 Å². The molecule has 0 aliphatic carbocycles. The summed E-state index contributed by atoms with van der Waals surface area (Å²) in [6, 6.07) is 13.2. The Balaban J connectivity index is 1.88. The van der Waals surface area contributed by atoms with Crippen molar-refractivity contribution in [2.45, 2.75) is 0 Å². The summed E-state index contributed by atoms with van der Waals surface area (Å²) < 4.78 is 8.29. The first-order valence-electron chi connectivity index (χ1n) is 6.49. The van der Waals surface area contributed by atoms with Gasteiger partial charge in [-0.05, 0) is 36.4 Å². The van der Waals surface area contributed by atoms with Gasteiger partial charge in [0.25, 0.3) is 0 Å². The standard InChI is InChI=1S/C16H12N2O2S/c1-20-12-5-2-10(3-6-12)13-9-18-14-8-11(19)4-7-15(14)21-16(18)17-13/h2-9,19H,1H3. The molecule has 0 saturated carbocycles. The zero-order valence-corrected chi connectivity index (χ0v) is 12.1. The second-order valence-electron chi connectivity index (χ2n) is 4.76. The zero-order chi connectivity index (χ0) is 14.4. The van der Waals surface area contributed by atoms with Crippen LogP contribution in [0.1, 0.15) is 0 Å². The lowest BCUT2D eigenvalue weighted by atomic mass is 10.2. The van der Waals surface area contributed by atoms with E-state index in [9.17, 15) is 5.11 Å². The minimum atomic E-state index is 0.266. The van der Waals surface area contributed by atoms with E-state index in [1.165, 1.54) is 0 Å². The normalized spacial score (nSPS) is 11.3. The molecule has 2 aromatic heterocycles. The molecule has 0 saturated heterocycles. The third-order valence-corrected chi connectivity index (χ3v) is 4.50. The quantitative estimate of drug-likeness (QED) is 0.609. The van der Waals surface area contributed by atoms with E-state index in [2.05, 4.69) is 4.98 Å². The topological polar surface area (TPSA) is 46.8 Å². The van der Waals surface area contributed by atoms with E-state index in [0.717, 1.165) is 32.2 Å². The van der Waals surface area contributed by atoms with Gasteiger partial charge in [-0.2, -0.15) is 0 Å². The van der Waals surface area contributed by atoms with Crippen LogP contribution in [-0.4, -0.2) is 21.6 Å². The van der Waals surface area contributed by atoms with E-state index in [-0.39, 0.29) is 5.75 Å². The van der Waals surface area contributed by atoms with Crippen molar-refractivity contribution in [3.63, 3.8) is 0 Å². The van der Waals surface area contributed by atoms with Crippen LogP contribution in [-0.2, 0) is 0 Å². The molecule has 0 fully saturated rings. The third-order valence-electron chi connectivity index (χ3n) is 3.46.